The second-order valence-electron chi connectivity index (χ2n) is 6.00. The van der Waals surface area contributed by atoms with Crippen molar-refractivity contribution in [2.75, 3.05) is 6.61 Å². The fourth-order valence-corrected chi connectivity index (χ4v) is 2.64. The normalized spacial score (nSPS) is 20.8. The molecule has 3 N–H and O–H groups in total. The second kappa shape index (κ2) is 9.93. The maximum atomic E-state index is 8.93. The van der Waals surface area contributed by atoms with Crippen molar-refractivity contribution < 1.29 is 15.3 Å². The van der Waals surface area contributed by atoms with Gasteiger partial charge in [0.05, 0.1) is 0 Å². The summed E-state index contributed by atoms with van der Waals surface area (Å²) in [6.07, 6.45) is 17.0. The van der Waals surface area contributed by atoms with E-state index in [0.717, 1.165) is 44.9 Å². The van der Waals surface area contributed by atoms with Crippen LogP contribution in [0.4, 0.5) is 0 Å². The van der Waals surface area contributed by atoms with Crippen LogP contribution in [0.1, 0.15) is 64.7 Å². The number of aliphatic hydroxyl groups is 3. The molecular formula is C18H30O3. The minimum Gasteiger partial charge on any atom is -0.396 e. The Morgan fingerprint density at radius 2 is 1.76 bits per heavy atom. The van der Waals surface area contributed by atoms with Gasteiger partial charge >= 0.3 is 0 Å². The third kappa shape index (κ3) is 8.20. The average molecular weight is 294 g/mol. The van der Waals surface area contributed by atoms with E-state index in [2.05, 4.69) is 31.2 Å². The van der Waals surface area contributed by atoms with Crippen LogP contribution < -0.4 is 0 Å². The molecule has 1 saturated carbocycles. The van der Waals surface area contributed by atoms with Gasteiger partial charge in [0.15, 0.2) is 5.79 Å². The van der Waals surface area contributed by atoms with Crippen molar-refractivity contribution in [2.24, 2.45) is 0 Å². The van der Waals surface area contributed by atoms with Crippen molar-refractivity contribution in [1.82, 2.24) is 0 Å². The molecule has 3 nitrogen and oxygen atoms in total. The molecule has 0 bridgehead atoms. The van der Waals surface area contributed by atoms with Crippen LogP contribution in [-0.4, -0.2) is 27.7 Å². The minimum absolute atomic E-state index is 0.317. The standard InChI is InChI=1S/C12H18O.C6H12O2/c1-11-7-3-2-4-8-12(11)9-5-6-10-13;7-6(8)4-2-1-3-5-6/h2-4,7,13H,5-6,8-10H2,1H3;7-8H,1-5H2. The summed E-state index contributed by atoms with van der Waals surface area (Å²) in [5, 5.41) is 26.5. The van der Waals surface area contributed by atoms with Crippen LogP contribution in [-0.2, 0) is 0 Å². The first-order chi connectivity index (χ1) is 10.0. The molecule has 120 valence electrons. The zero-order valence-electron chi connectivity index (χ0n) is 13.2. The molecule has 0 aromatic rings. The molecule has 0 amide bonds. The Kier molecular flexibility index (Phi) is 8.58. The van der Waals surface area contributed by atoms with E-state index in [0.29, 0.717) is 19.4 Å². The molecule has 2 aliphatic carbocycles. The first-order valence-electron chi connectivity index (χ1n) is 8.12. The smallest absolute Gasteiger partial charge is 0.162 e. The first-order valence-corrected chi connectivity index (χ1v) is 8.12. The fourth-order valence-electron chi connectivity index (χ4n) is 2.64. The number of unbranched alkanes of at least 4 members (excludes halogenated alkanes) is 1. The summed E-state index contributed by atoms with van der Waals surface area (Å²) in [5.41, 5.74) is 2.90. The predicted octanol–water partition coefficient (Wildman–Crippen LogP) is 3.61. The molecule has 2 aliphatic rings. The molecule has 0 aliphatic heterocycles. The largest absolute Gasteiger partial charge is 0.396 e. The van der Waals surface area contributed by atoms with Crippen molar-refractivity contribution in [3.63, 3.8) is 0 Å². The van der Waals surface area contributed by atoms with Gasteiger partial charge in [-0.15, -0.1) is 0 Å². The van der Waals surface area contributed by atoms with E-state index in [4.69, 9.17) is 15.3 Å². The predicted molar refractivity (Wildman–Crippen MR) is 86.8 cm³/mol. The lowest BCUT2D eigenvalue weighted by Gasteiger charge is -2.25. The average Bonchev–Trinajstić information content (AvgIpc) is 2.65. The van der Waals surface area contributed by atoms with Crippen LogP contribution in [0.3, 0.4) is 0 Å². The number of aliphatic hydroxyl groups excluding tert-OH is 1. The monoisotopic (exact) mass is 294 g/mol. The third-order valence-electron chi connectivity index (χ3n) is 4.06. The summed E-state index contributed by atoms with van der Waals surface area (Å²) >= 11 is 0. The first kappa shape index (κ1) is 18.1. The summed E-state index contributed by atoms with van der Waals surface area (Å²) < 4.78 is 0. The molecule has 1 fully saturated rings. The molecule has 0 atom stereocenters. The zero-order chi connectivity index (χ0) is 15.6. The maximum Gasteiger partial charge on any atom is 0.162 e. The highest BCUT2D eigenvalue weighted by Gasteiger charge is 2.24. The van der Waals surface area contributed by atoms with Gasteiger partial charge in [0.2, 0.25) is 0 Å². The molecule has 0 unspecified atom stereocenters. The van der Waals surface area contributed by atoms with E-state index in [-0.39, 0.29) is 0 Å². The van der Waals surface area contributed by atoms with Crippen LogP contribution in [0, 0.1) is 0 Å². The van der Waals surface area contributed by atoms with Crippen LogP contribution in [0.25, 0.3) is 0 Å². The van der Waals surface area contributed by atoms with Gasteiger partial charge in [-0.3, -0.25) is 0 Å². The molecule has 2 rings (SSSR count). The van der Waals surface area contributed by atoms with Crippen LogP contribution >= 0.6 is 0 Å². The van der Waals surface area contributed by atoms with Crippen molar-refractivity contribution in [1.29, 1.82) is 0 Å². The number of rotatable bonds is 4. The highest BCUT2D eigenvalue weighted by molar-refractivity contribution is 5.30. The van der Waals surface area contributed by atoms with Gasteiger partial charge < -0.3 is 15.3 Å². The lowest BCUT2D eigenvalue weighted by Crippen LogP contribution is -2.30. The Balaban J connectivity index is 0.000000235. The van der Waals surface area contributed by atoms with Gasteiger partial charge in [0, 0.05) is 19.4 Å². The second-order valence-corrected chi connectivity index (χ2v) is 6.00. The molecule has 0 radical (unpaired) electrons. The van der Waals surface area contributed by atoms with Crippen molar-refractivity contribution >= 4 is 0 Å². The number of hydrogen-bond acceptors (Lipinski definition) is 3. The van der Waals surface area contributed by atoms with Gasteiger partial charge in [0.1, 0.15) is 0 Å². The number of allylic oxidation sites excluding steroid dienone is 6. The van der Waals surface area contributed by atoms with Crippen molar-refractivity contribution in [3.8, 4) is 0 Å². The lowest BCUT2D eigenvalue weighted by molar-refractivity contribution is -0.180. The van der Waals surface area contributed by atoms with E-state index in [1.807, 2.05) is 0 Å². The molecule has 0 aromatic heterocycles. The van der Waals surface area contributed by atoms with Gasteiger partial charge in [-0.25, -0.2) is 0 Å². The summed E-state index contributed by atoms with van der Waals surface area (Å²) in [4.78, 5) is 0. The van der Waals surface area contributed by atoms with Crippen LogP contribution in [0.5, 0.6) is 0 Å². The summed E-state index contributed by atoms with van der Waals surface area (Å²) in [5.74, 6) is -1.32. The molecule has 0 heterocycles. The van der Waals surface area contributed by atoms with E-state index in [1.54, 1.807) is 0 Å². The zero-order valence-corrected chi connectivity index (χ0v) is 13.2. The Morgan fingerprint density at radius 3 is 2.33 bits per heavy atom. The highest BCUT2D eigenvalue weighted by atomic mass is 16.5. The Labute approximate surface area is 128 Å². The molecule has 0 spiro atoms. The number of hydrogen-bond donors (Lipinski definition) is 3. The van der Waals surface area contributed by atoms with E-state index in [9.17, 15) is 0 Å². The van der Waals surface area contributed by atoms with Crippen LogP contribution in [0.2, 0.25) is 0 Å². The summed E-state index contributed by atoms with van der Waals surface area (Å²) in [7, 11) is 0. The van der Waals surface area contributed by atoms with E-state index >= 15 is 0 Å². The van der Waals surface area contributed by atoms with Gasteiger partial charge in [-0.2, -0.15) is 0 Å². The molecule has 21 heavy (non-hydrogen) atoms. The van der Waals surface area contributed by atoms with E-state index < -0.39 is 5.79 Å². The van der Waals surface area contributed by atoms with Crippen LogP contribution in [0.15, 0.2) is 35.5 Å². The van der Waals surface area contributed by atoms with Crippen molar-refractivity contribution in [3.05, 3.63) is 35.5 Å². The molecule has 3 heteroatoms. The Bertz CT molecular complexity index is 370. The minimum atomic E-state index is -1.32. The topological polar surface area (TPSA) is 60.7 Å². The quantitative estimate of drug-likeness (QED) is 0.548. The van der Waals surface area contributed by atoms with Gasteiger partial charge in [-0.05, 0) is 45.4 Å². The summed E-state index contributed by atoms with van der Waals surface area (Å²) in [6.45, 7) is 2.48. The molecular weight excluding hydrogens is 264 g/mol. The fraction of sp³-hybridized carbons (Fsp3) is 0.667. The molecule has 0 saturated heterocycles. The van der Waals surface area contributed by atoms with Gasteiger partial charge in [-0.1, -0.05) is 41.9 Å². The summed E-state index contributed by atoms with van der Waals surface area (Å²) in [6, 6.07) is 0. The van der Waals surface area contributed by atoms with E-state index in [1.165, 1.54) is 11.1 Å². The SMILES string of the molecule is CC1=C(CCCCO)CC=CC=C1.OC1(O)CCCCC1. The third-order valence-corrected chi connectivity index (χ3v) is 4.06. The maximum absolute atomic E-state index is 8.93. The Hall–Kier alpha value is -0.900. The van der Waals surface area contributed by atoms with Gasteiger partial charge in [0.25, 0.3) is 0 Å². The highest BCUT2D eigenvalue weighted by Crippen LogP contribution is 2.24. The lowest BCUT2D eigenvalue weighted by atomic mass is 9.95. The Morgan fingerprint density at radius 1 is 1.05 bits per heavy atom. The molecule has 0 aromatic carbocycles. The van der Waals surface area contributed by atoms with Crippen molar-refractivity contribution in [2.45, 2.75) is 70.5 Å².